The molecule has 17 heavy (non-hydrogen) atoms. The lowest BCUT2D eigenvalue weighted by Gasteiger charge is -2.27. The number of rotatable bonds is 5. The molecule has 0 amide bonds. The Morgan fingerprint density at radius 3 is 2.88 bits per heavy atom. The molecule has 0 saturated carbocycles. The molecule has 0 fully saturated rings. The number of aromatic nitrogens is 2. The summed E-state index contributed by atoms with van der Waals surface area (Å²) in [7, 11) is 3.79. The van der Waals surface area contributed by atoms with Gasteiger partial charge in [0.1, 0.15) is 9.39 Å². The quantitative estimate of drug-likeness (QED) is 0.655. The van der Waals surface area contributed by atoms with Crippen LogP contribution in [0.1, 0.15) is 6.92 Å². The fraction of sp³-hybridized carbons (Fsp3) is 0.600. The van der Waals surface area contributed by atoms with Crippen molar-refractivity contribution in [3.8, 4) is 0 Å². The summed E-state index contributed by atoms with van der Waals surface area (Å²) in [6.07, 6.45) is 1.34. The smallest absolute Gasteiger partial charge is 0.266 e. The first-order valence-electron chi connectivity index (χ1n) is 5.16. The van der Waals surface area contributed by atoms with Crippen molar-refractivity contribution in [2.75, 3.05) is 32.5 Å². The molecule has 6 nitrogen and oxygen atoms in total. The summed E-state index contributed by atoms with van der Waals surface area (Å²) in [5, 5.41) is 13.1. The van der Waals surface area contributed by atoms with E-state index in [1.54, 1.807) is 6.92 Å². The van der Waals surface area contributed by atoms with Crippen molar-refractivity contribution in [1.29, 1.82) is 0 Å². The zero-order valence-corrected chi connectivity index (χ0v) is 12.3. The summed E-state index contributed by atoms with van der Waals surface area (Å²) >= 11 is 1.92. The van der Waals surface area contributed by atoms with Crippen LogP contribution >= 0.6 is 22.6 Å². The normalized spacial score (nSPS) is 14.7. The van der Waals surface area contributed by atoms with Gasteiger partial charge in [0.2, 0.25) is 0 Å². The van der Waals surface area contributed by atoms with Gasteiger partial charge in [-0.25, -0.2) is 4.98 Å². The van der Waals surface area contributed by atoms with E-state index in [1.165, 1.54) is 6.33 Å². The van der Waals surface area contributed by atoms with E-state index in [0.29, 0.717) is 22.5 Å². The average molecular weight is 352 g/mol. The van der Waals surface area contributed by atoms with Crippen molar-refractivity contribution in [2.24, 2.45) is 0 Å². The maximum atomic E-state index is 11.3. The monoisotopic (exact) mass is 352 g/mol. The van der Waals surface area contributed by atoms with Crippen molar-refractivity contribution in [3.05, 3.63) is 20.3 Å². The van der Waals surface area contributed by atoms with Crippen LogP contribution < -0.4 is 10.9 Å². The van der Waals surface area contributed by atoms with Gasteiger partial charge in [-0.3, -0.25) is 4.79 Å². The van der Waals surface area contributed by atoms with Crippen molar-refractivity contribution in [2.45, 2.75) is 12.5 Å². The second kappa shape index (κ2) is 5.78. The first kappa shape index (κ1) is 14.4. The molecule has 1 unspecified atom stereocenters. The highest BCUT2D eigenvalue weighted by Crippen LogP contribution is 2.11. The van der Waals surface area contributed by atoms with E-state index in [2.05, 4.69) is 15.3 Å². The van der Waals surface area contributed by atoms with Gasteiger partial charge >= 0.3 is 0 Å². The third kappa shape index (κ3) is 4.60. The lowest BCUT2D eigenvalue weighted by molar-refractivity contribution is 0.0459. The van der Waals surface area contributed by atoms with E-state index < -0.39 is 5.60 Å². The van der Waals surface area contributed by atoms with Crippen LogP contribution in [0.15, 0.2) is 11.1 Å². The van der Waals surface area contributed by atoms with Crippen LogP contribution in [0.25, 0.3) is 0 Å². The van der Waals surface area contributed by atoms with E-state index >= 15 is 0 Å². The molecule has 1 aromatic rings. The predicted octanol–water partition coefficient (Wildman–Crippen LogP) is 0.0990. The van der Waals surface area contributed by atoms with E-state index in [4.69, 9.17) is 0 Å². The molecule has 1 rings (SSSR count). The molecule has 1 heterocycles. The summed E-state index contributed by atoms with van der Waals surface area (Å²) in [5.41, 5.74) is -1.06. The second-order valence-corrected chi connectivity index (χ2v) is 5.56. The number of halogens is 1. The van der Waals surface area contributed by atoms with Crippen LogP contribution in [0.5, 0.6) is 0 Å². The minimum absolute atomic E-state index is 0.185. The summed E-state index contributed by atoms with van der Waals surface area (Å²) in [6.45, 7) is 2.59. The maximum Gasteiger partial charge on any atom is 0.266 e. The van der Waals surface area contributed by atoms with Gasteiger partial charge in [0.15, 0.2) is 0 Å². The molecule has 0 aliphatic rings. The standard InChI is InChI=1S/C10H17IN4O2/c1-10(17,5-15(2)3)4-12-8-7(11)9(16)14-6-13-8/h6,17H,4-5H2,1-3H3,(H2,12,13,14,16). The highest BCUT2D eigenvalue weighted by molar-refractivity contribution is 14.1. The molecule has 0 spiro atoms. The van der Waals surface area contributed by atoms with Crippen LogP contribution in [0.3, 0.4) is 0 Å². The summed E-state index contributed by atoms with van der Waals surface area (Å²) < 4.78 is 0.491. The highest BCUT2D eigenvalue weighted by Gasteiger charge is 2.21. The predicted molar refractivity (Wildman–Crippen MR) is 75.2 cm³/mol. The van der Waals surface area contributed by atoms with Crippen LogP contribution in [0.4, 0.5) is 5.82 Å². The summed E-state index contributed by atoms with van der Waals surface area (Å²) in [6, 6.07) is 0. The first-order chi connectivity index (χ1) is 7.82. The Kier molecular flexibility index (Phi) is 4.90. The van der Waals surface area contributed by atoms with E-state index in [9.17, 15) is 9.90 Å². The van der Waals surface area contributed by atoms with E-state index in [0.717, 1.165) is 0 Å². The molecule has 0 aromatic carbocycles. The van der Waals surface area contributed by atoms with Gasteiger partial charge < -0.3 is 20.3 Å². The molecule has 0 bridgehead atoms. The number of aliphatic hydroxyl groups is 1. The number of aromatic amines is 1. The molecular formula is C10H17IN4O2. The number of anilines is 1. The van der Waals surface area contributed by atoms with Crippen molar-refractivity contribution < 1.29 is 5.11 Å². The van der Waals surface area contributed by atoms with Gasteiger partial charge in [0.25, 0.3) is 5.56 Å². The number of nitrogens with zero attached hydrogens (tertiary/aromatic N) is 2. The van der Waals surface area contributed by atoms with Crippen LogP contribution in [0, 0.1) is 3.57 Å². The molecule has 0 saturated heterocycles. The first-order valence-corrected chi connectivity index (χ1v) is 6.24. The third-order valence-electron chi connectivity index (χ3n) is 2.09. The zero-order valence-electron chi connectivity index (χ0n) is 10.1. The summed E-state index contributed by atoms with van der Waals surface area (Å²) in [5.74, 6) is 0.494. The van der Waals surface area contributed by atoms with Gasteiger partial charge in [-0.05, 0) is 43.6 Å². The van der Waals surface area contributed by atoms with Crippen LogP contribution in [-0.2, 0) is 0 Å². The largest absolute Gasteiger partial charge is 0.387 e. The number of likely N-dealkylation sites (N-methyl/N-ethyl adjacent to an activating group) is 1. The molecule has 0 aliphatic heterocycles. The average Bonchev–Trinajstić information content (AvgIpc) is 2.18. The van der Waals surface area contributed by atoms with Gasteiger partial charge in [0, 0.05) is 13.1 Å². The van der Waals surface area contributed by atoms with E-state index in [1.807, 2.05) is 41.6 Å². The minimum Gasteiger partial charge on any atom is -0.387 e. The lowest BCUT2D eigenvalue weighted by Crippen LogP contribution is -2.43. The van der Waals surface area contributed by atoms with Crippen LogP contribution in [-0.4, -0.2) is 52.8 Å². The Morgan fingerprint density at radius 2 is 2.29 bits per heavy atom. The molecule has 96 valence electrons. The molecular weight excluding hydrogens is 335 g/mol. The Morgan fingerprint density at radius 1 is 1.65 bits per heavy atom. The molecule has 1 atom stereocenters. The van der Waals surface area contributed by atoms with Gasteiger partial charge in [-0.2, -0.15) is 0 Å². The molecule has 1 aromatic heterocycles. The maximum absolute atomic E-state index is 11.3. The van der Waals surface area contributed by atoms with Gasteiger partial charge in [0.05, 0.1) is 11.9 Å². The number of nitrogens with one attached hydrogen (secondary N) is 2. The van der Waals surface area contributed by atoms with Crippen molar-refractivity contribution in [1.82, 2.24) is 14.9 Å². The van der Waals surface area contributed by atoms with Crippen LogP contribution in [0.2, 0.25) is 0 Å². The highest BCUT2D eigenvalue weighted by atomic mass is 127. The summed E-state index contributed by atoms with van der Waals surface area (Å²) in [4.78, 5) is 19.7. The zero-order chi connectivity index (χ0) is 13.1. The molecule has 3 N–H and O–H groups in total. The fourth-order valence-electron chi connectivity index (χ4n) is 1.52. The third-order valence-corrected chi connectivity index (χ3v) is 3.09. The number of hydrogen-bond donors (Lipinski definition) is 3. The Balaban J connectivity index is 2.67. The van der Waals surface area contributed by atoms with Crippen molar-refractivity contribution in [3.63, 3.8) is 0 Å². The van der Waals surface area contributed by atoms with Gasteiger partial charge in [-0.1, -0.05) is 0 Å². The Bertz CT molecular complexity index is 431. The van der Waals surface area contributed by atoms with Gasteiger partial charge in [-0.15, -0.1) is 0 Å². The second-order valence-electron chi connectivity index (χ2n) is 4.48. The molecule has 0 radical (unpaired) electrons. The molecule has 0 aliphatic carbocycles. The molecule has 7 heteroatoms. The number of H-pyrrole nitrogens is 1. The fourth-order valence-corrected chi connectivity index (χ4v) is 2.00. The minimum atomic E-state index is -0.878. The number of hydrogen-bond acceptors (Lipinski definition) is 5. The topological polar surface area (TPSA) is 81.2 Å². The lowest BCUT2D eigenvalue weighted by atomic mass is 10.1. The van der Waals surface area contributed by atoms with Crippen molar-refractivity contribution >= 4 is 28.4 Å². The SMILES string of the molecule is CN(C)CC(C)(O)CNc1nc[nH]c(=O)c1I. The Hall–Kier alpha value is -0.670. The van der Waals surface area contributed by atoms with E-state index in [-0.39, 0.29) is 5.56 Å². The Labute approximate surface area is 114 Å².